The van der Waals surface area contributed by atoms with Gasteiger partial charge in [0.2, 0.25) is 6.08 Å². The highest BCUT2D eigenvalue weighted by atomic mass is 79.9. The zero-order valence-electron chi connectivity index (χ0n) is 6.71. The molecule has 2 rings (SSSR count). The predicted octanol–water partition coefficient (Wildman–Crippen LogP) is 3.06. The van der Waals surface area contributed by atoms with Gasteiger partial charge in [-0.3, -0.25) is 5.10 Å². The van der Waals surface area contributed by atoms with Crippen molar-refractivity contribution >= 4 is 54.5 Å². The van der Waals surface area contributed by atoms with Crippen LogP contribution in [0, 0.1) is 0 Å². The molecule has 1 heterocycles. The predicted molar refractivity (Wildman–Crippen MR) is 59.3 cm³/mol. The first-order valence-corrected chi connectivity index (χ1v) is 5.21. The van der Waals surface area contributed by atoms with Gasteiger partial charge in [0, 0.05) is 14.3 Å². The molecule has 1 N–H and O–H groups in total. The molecule has 0 spiro atoms. The molecule has 4 nitrogen and oxygen atoms in total. The fourth-order valence-corrected chi connectivity index (χ4v) is 2.56. The molecule has 1 aromatic heterocycles. The Balaban J connectivity index is 2.92. The minimum Gasteiger partial charge on any atom is -0.277 e. The first kappa shape index (κ1) is 9.58. The third-order valence-corrected chi connectivity index (χ3v) is 3.00. The zero-order valence-corrected chi connectivity index (χ0v) is 9.89. The summed E-state index contributed by atoms with van der Waals surface area (Å²) in [5.74, 6) is 0. The molecule has 0 amide bonds. The second kappa shape index (κ2) is 3.65. The number of aromatic amines is 1. The van der Waals surface area contributed by atoms with Crippen molar-refractivity contribution in [3.8, 4) is 0 Å². The lowest BCUT2D eigenvalue weighted by Gasteiger charge is -1.99. The van der Waals surface area contributed by atoms with Crippen LogP contribution >= 0.6 is 31.9 Å². The van der Waals surface area contributed by atoms with Gasteiger partial charge in [-0.15, -0.1) is 0 Å². The van der Waals surface area contributed by atoms with Gasteiger partial charge in [0.05, 0.1) is 11.7 Å². The Morgan fingerprint density at radius 2 is 2.21 bits per heavy atom. The number of halogens is 2. The number of hydrogen-bond donors (Lipinski definition) is 1. The van der Waals surface area contributed by atoms with Gasteiger partial charge >= 0.3 is 0 Å². The number of aromatic nitrogens is 2. The molecule has 1 aromatic carbocycles. The second-order valence-electron chi connectivity index (χ2n) is 2.55. The maximum atomic E-state index is 10.2. The Morgan fingerprint density at radius 1 is 1.43 bits per heavy atom. The molecular formula is C8H3Br2N3O. The van der Waals surface area contributed by atoms with Crippen molar-refractivity contribution < 1.29 is 4.79 Å². The van der Waals surface area contributed by atoms with Crippen LogP contribution in [0.3, 0.4) is 0 Å². The fourth-order valence-electron chi connectivity index (χ4n) is 1.19. The molecule has 0 aliphatic heterocycles. The molecule has 0 radical (unpaired) electrons. The van der Waals surface area contributed by atoms with Crippen LogP contribution in [0.2, 0.25) is 0 Å². The average Bonchev–Trinajstić information content (AvgIpc) is 2.60. The summed E-state index contributed by atoms with van der Waals surface area (Å²) in [5.41, 5.74) is 1.34. The zero-order chi connectivity index (χ0) is 10.1. The van der Waals surface area contributed by atoms with Crippen molar-refractivity contribution in [2.45, 2.75) is 0 Å². The standard InChI is InChI=1S/C8H3Br2N3O/c9-5-1-6(10)8-4(2-12-13-8)7(5)11-3-14/h1-2H,(H,12,13). The fraction of sp³-hybridized carbons (Fsp3) is 0. The van der Waals surface area contributed by atoms with E-state index in [0.717, 1.165) is 19.8 Å². The van der Waals surface area contributed by atoms with E-state index < -0.39 is 0 Å². The van der Waals surface area contributed by atoms with Crippen molar-refractivity contribution in [1.82, 2.24) is 10.2 Å². The number of rotatable bonds is 1. The summed E-state index contributed by atoms with van der Waals surface area (Å²) < 4.78 is 1.59. The molecule has 0 fully saturated rings. The van der Waals surface area contributed by atoms with E-state index in [1.807, 2.05) is 0 Å². The summed E-state index contributed by atoms with van der Waals surface area (Å²) in [6.07, 6.45) is 3.13. The van der Waals surface area contributed by atoms with E-state index in [9.17, 15) is 4.79 Å². The van der Waals surface area contributed by atoms with E-state index in [1.54, 1.807) is 12.3 Å². The number of aliphatic imine (C=N–C) groups is 1. The molecule has 70 valence electrons. The molecule has 0 saturated carbocycles. The van der Waals surface area contributed by atoms with Crippen LogP contribution in [0.15, 0.2) is 26.2 Å². The molecule has 0 bridgehead atoms. The lowest BCUT2D eigenvalue weighted by molar-refractivity contribution is 0.565. The van der Waals surface area contributed by atoms with Crippen LogP contribution in [0.5, 0.6) is 0 Å². The van der Waals surface area contributed by atoms with Gasteiger partial charge in [-0.05, 0) is 37.9 Å². The molecule has 6 heteroatoms. The summed E-state index contributed by atoms with van der Waals surface area (Å²) in [7, 11) is 0. The maximum Gasteiger partial charge on any atom is 0.240 e. The second-order valence-corrected chi connectivity index (χ2v) is 4.26. The first-order chi connectivity index (χ1) is 6.74. The maximum absolute atomic E-state index is 10.2. The van der Waals surface area contributed by atoms with E-state index in [0.29, 0.717) is 5.69 Å². The van der Waals surface area contributed by atoms with Gasteiger partial charge < -0.3 is 0 Å². The topological polar surface area (TPSA) is 58.1 Å². The number of fused-ring (bicyclic) bond motifs is 1. The molecule has 0 unspecified atom stereocenters. The highest BCUT2D eigenvalue weighted by Gasteiger charge is 2.10. The Hall–Kier alpha value is -0.970. The SMILES string of the molecule is O=C=Nc1c(Br)cc(Br)c2[nH]ncc12. The number of benzene rings is 1. The monoisotopic (exact) mass is 315 g/mol. The van der Waals surface area contributed by atoms with E-state index in [1.165, 1.54) is 6.08 Å². The molecular weight excluding hydrogens is 314 g/mol. The Morgan fingerprint density at radius 3 is 2.93 bits per heavy atom. The largest absolute Gasteiger partial charge is 0.277 e. The minimum absolute atomic E-state index is 0.534. The quantitative estimate of drug-likeness (QED) is 0.649. The lowest BCUT2D eigenvalue weighted by atomic mass is 10.2. The number of isocyanates is 1. The normalized spacial score (nSPS) is 10.1. The van der Waals surface area contributed by atoms with Crippen LogP contribution in [-0.4, -0.2) is 16.3 Å². The number of hydrogen-bond acceptors (Lipinski definition) is 3. The Labute approximate surface area is 95.7 Å². The van der Waals surface area contributed by atoms with Gasteiger partial charge in [-0.1, -0.05) is 0 Å². The van der Waals surface area contributed by atoms with Gasteiger partial charge in [0.15, 0.2) is 0 Å². The van der Waals surface area contributed by atoms with E-state index in [-0.39, 0.29) is 0 Å². The number of nitrogens with zero attached hydrogens (tertiary/aromatic N) is 2. The van der Waals surface area contributed by atoms with Gasteiger partial charge in [-0.25, -0.2) is 4.79 Å². The van der Waals surface area contributed by atoms with Crippen molar-refractivity contribution in [2.24, 2.45) is 4.99 Å². The van der Waals surface area contributed by atoms with Gasteiger partial charge in [0.25, 0.3) is 0 Å². The molecule has 2 aromatic rings. The van der Waals surface area contributed by atoms with Crippen LogP contribution < -0.4 is 0 Å². The van der Waals surface area contributed by atoms with Crippen LogP contribution in [0.4, 0.5) is 5.69 Å². The Kier molecular flexibility index (Phi) is 2.50. The number of H-pyrrole nitrogens is 1. The minimum atomic E-state index is 0.534. The summed E-state index contributed by atoms with van der Waals surface area (Å²) in [4.78, 5) is 13.8. The lowest BCUT2D eigenvalue weighted by Crippen LogP contribution is -1.75. The van der Waals surface area contributed by atoms with Crippen molar-refractivity contribution in [2.75, 3.05) is 0 Å². The average molecular weight is 317 g/mol. The van der Waals surface area contributed by atoms with Crippen molar-refractivity contribution in [3.63, 3.8) is 0 Å². The van der Waals surface area contributed by atoms with Crippen LogP contribution in [0.1, 0.15) is 0 Å². The van der Waals surface area contributed by atoms with Crippen molar-refractivity contribution in [3.05, 3.63) is 21.2 Å². The molecule has 0 aliphatic carbocycles. The number of nitrogens with one attached hydrogen (secondary N) is 1. The van der Waals surface area contributed by atoms with Crippen molar-refractivity contribution in [1.29, 1.82) is 0 Å². The summed E-state index contributed by atoms with van der Waals surface area (Å²) in [5, 5.41) is 7.46. The van der Waals surface area contributed by atoms with E-state index in [4.69, 9.17) is 0 Å². The molecule has 0 saturated heterocycles. The van der Waals surface area contributed by atoms with Gasteiger partial charge in [0.1, 0.15) is 5.69 Å². The number of carbonyl (C=O) groups excluding carboxylic acids is 1. The summed E-state index contributed by atoms with van der Waals surface area (Å²) in [6.45, 7) is 0. The summed E-state index contributed by atoms with van der Waals surface area (Å²) in [6, 6.07) is 1.80. The highest BCUT2D eigenvalue weighted by molar-refractivity contribution is 9.11. The van der Waals surface area contributed by atoms with E-state index >= 15 is 0 Å². The highest BCUT2D eigenvalue weighted by Crippen LogP contribution is 2.37. The van der Waals surface area contributed by atoms with E-state index in [2.05, 4.69) is 47.0 Å². The summed E-state index contributed by atoms with van der Waals surface area (Å²) >= 11 is 6.68. The smallest absolute Gasteiger partial charge is 0.240 e. The first-order valence-electron chi connectivity index (χ1n) is 3.63. The molecule has 0 aliphatic rings. The molecule has 14 heavy (non-hydrogen) atoms. The molecule has 0 atom stereocenters. The van der Waals surface area contributed by atoms with Gasteiger partial charge in [-0.2, -0.15) is 10.1 Å². The Bertz CT molecular complexity index is 543. The third-order valence-electron chi connectivity index (χ3n) is 1.77. The van der Waals surface area contributed by atoms with Crippen LogP contribution in [-0.2, 0) is 4.79 Å². The third kappa shape index (κ3) is 1.41. The van der Waals surface area contributed by atoms with Crippen LogP contribution in [0.25, 0.3) is 10.9 Å².